The zero-order valence-corrected chi connectivity index (χ0v) is 10.3. The maximum atomic E-state index is 12.0. The highest BCUT2D eigenvalue weighted by Crippen LogP contribution is 2.13. The SMILES string of the molecule is CNc1ccccc1C(=O)NCc1ccccc1. The van der Waals surface area contributed by atoms with E-state index < -0.39 is 0 Å². The topological polar surface area (TPSA) is 41.1 Å². The lowest BCUT2D eigenvalue weighted by molar-refractivity contribution is 0.0951. The van der Waals surface area contributed by atoms with E-state index in [0.29, 0.717) is 12.1 Å². The Labute approximate surface area is 107 Å². The number of carbonyl (C=O) groups excluding carboxylic acids is 1. The normalized spacial score (nSPS) is 9.83. The second kappa shape index (κ2) is 5.87. The molecule has 0 radical (unpaired) electrons. The summed E-state index contributed by atoms with van der Waals surface area (Å²) >= 11 is 0. The van der Waals surface area contributed by atoms with E-state index in [-0.39, 0.29) is 5.91 Å². The van der Waals surface area contributed by atoms with Gasteiger partial charge in [-0.1, -0.05) is 42.5 Å². The largest absolute Gasteiger partial charge is 0.387 e. The van der Waals surface area contributed by atoms with Gasteiger partial charge in [-0.25, -0.2) is 0 Å². The van der Waals surface area contributed by atoms with Crippen molar-refractivity contribution in [2.24, 2.45) is 0 Å². The maximum Gasteiger partial charge on any atom is 0.253 e. The summed E-state index contributed by atoms with van der Waals surface area (Å²) in [6.07, 6.45) is 0. The summed E-state index contributed by atoms with van der Waals surface area (Å²) in [6, 6.07) is 17.3. The van der Waals surface area contributed by atoms with Gasteiger partial charge in [-0.05, 0) is 17.7 Å². The first-order valence-corrected chi connectivity index (χ1v) is 5.90. The van der Waals surface area contributed by atoms with Crippen LogP contribution < -0.4 is 10.6 Å². The van der Waals surface area contributed by atoms with E-state index in [0.717, 1.165) is 11.3 Å². The first kappa shape index (κ1) is 12.2. The number of hydrogen-bond acceptors (Lipinski definition) is 2. The third-order valence-electron chi connectivity index (χ3n) is 2.74. The monoisotopic (exact) mass is 240 g/mol. The lowest BCUT2D eigenvalue weighted by atomic mass is 10.1. The first-order chi connectivity index (χ1) is 8.81. The fourth-order valence-electron chi connectivity index (χ4n) is 1.77. The molecule has 3 nitrogen and oxygen atoms in total. The molecule has 3 heteroatoms. The number of hydrogen-bond donors (Lipinski definition) is 2. The molecule has 2 aromatic carbocycles. The molecule has 0 saturated heterocycles. The van der Waals surface area contributed by atoms with E-state index in [1.165, 1.54) is 0 Å². The zero-order chi connectivity index (χ0) is 12.8. The van der Waals surface area contributed by atoms with E-state index in [9.17, 15) is 4.79 Å². The summed E-state index contributed by atoms with van der Waals surface area (Å²) in [5.41, 5.74) is 2.59. The third-order valence-corrected chi connectivity index (χ3v) is 2.74. The van der Waals surface area contributed by atoms with Gasteiger partial charge in [-0.15, -0.1) is 0 Å². The highest BCUT2D eigenvalue weighted by Gasteiger charge is 2.08. The maximum absolute atomic E-state index is 12.0. The molecule has 0 spiro atoms. The molecule has 0 aliphatic rings. The van der Waals surface area contributed by atoms with Gasteiger partial charge >= 0.3 is 0 Å². The summed E-state index contributed by atoms with van der Waals surface area (Å²) in [5.74, 6) is -0.0659. The van der Waals surface area contributed by atoms with Crippen LogP contribution in [0.1, 0.15) is 15.9 Å². The molecule has 0 aliphatic carbocycles. The van der Waals surface area contributed by atoms with Crippen LogP contribution in [0.2, 0.25) is 0 Å². The highest BCUT2D eigenvalue weighted by atomic mass is 16.1. The van der Waals surface area contributed by atoms with Gasteiger partial charge in [0.2, 0.25) is 0 Å². The van der Waals surface area contributed by atoms with Crippen molar-refractivity contribution < 1.29 is 4.79 Å². The van der Waals surface area contributed by atoms with Gasteiger partial charge in [0.1, 0.15) is 0 Å². The molecule has 0 bridgehead atoms. The van der Waals surface area contributed by atoms with Crippen molar-refractivity contribution in [3.63, 3.8) is 0 Å². The number of rotatable bonds is 4. The second-order valence-corrected chi connectivity index (χ2v) is 3.96. The molecule has 1 amide bonds. The summed E-state index contributed by atoms with van der Waals surface area (Å²) < 4.78 is 0. The molecule has 0 heterocycles. The number of para-hydroxylation sites is 1. The molecular weight excluding hydrogens is 224 g/mol. The highest BCUT2D eigenvalue weighted by molar-refractivity contribution is 5.99. The predicted molar refractivity (Wildman–Crippen MR) is 73.6 cm³/mol. The molecule has 0 unspecified atom stereocenters. The van der Waals surface area contributed by atoms with Crippen LogP contribution in [0.3, 0.4) is 0 Å². The van der Waals surface area contributed by atoms with Crippen LogP contribution in [0.15, 0.2) is 54.6 Å². The molecule has 0 saturated carbocycles. The van der Waals surface area contributed by atoms with Crippen molar-refractivity contribution in [1.29, 1.82) is 0 Å². The lowest BCUT2D eigenvalue weighted by Gasteiger charge is -2.09. The molecule has 2 aromatic rings. The van der Waals surface area contributed by atoms with Crippen molar-refractivity contribution in [2.45, 2.75) is 6.54 Å². The molecule has 0 atom stereocenters. The summed E-state index contributed by atoms with van der Waals surface area (Å²) in [5, 5.41) is 5.92. The van der Waals surface area contributed by atoms with Crippen molar-refractivity contribution in [3.8, 4) is 0 Å². The predicted octanol–water partition coefficient (Wildman–Crippen LogP) is 2.66. The average molecular weight is 240 g/mol. The molecule has 2 rings (SSSR count). The minimum Gasteiger partial charge on any atom is -0.387 e. The van der Waals surface area contributed by atoms with Crippen LogP contribution in [0.25, 0.3) is 0 Å². The minimum absolute atomic E-state index is 0.0659. The van der Waals surface area contributed by atoms with Crippen molar-refractivity contribution in [2.75, 3.05) is 12.4 Å². The number of nitrogens with one attached hydrogen (secondary N) is 2. The van der Waals surface area contributed by atoms with Gasteiger partial charge in [0.25, 0.3) is 5.91 Å². The Morgan fingerprint density at radius 1 is 1.00 bits per heavy atom. The van der Waals surface area contributed by atoms with Crippen LogP contribution in [0.4, 0.5) is 5.69 Å². The Morgan fingerprint density at radius 2 is 1.67 bits per heavy atom. The third kappa shape index (κ3) is 2.88. The quantitative estimate of drug-likeness (QED) is 0.862. The Bertz CT molecular complexity index is 523. The van der Waals surface area contributed by atoms with Gasteiger partial charge in [-0.3, -0.25) is 4.79 Å². The number of anilines is 1. The summed E-state index contributed by atoms with van der Waals surface area (Å²) in [7, 11) is 1.81. The van der Waals surface area contributed by atoms with Crippen LogP contribution in [0, 0.1) is 0 Å². The van der Waals surface area contributed by atoms with Gasteiger partial charge in [-0.2, -0.15) is 0 Å². The number of amides is 1. The van der Waals surface area contributed by atoms with Gasteiger partial charge < -0.3 is 10.6 Å². The lowest BCUT2D eigenvalue weighted by Crippen LogP contribution is -2.23. The van der Waals surface area contributed by atoms with Crippen molar-refractivity contribution in [3.05, 3.63) is 65.7 Å². The van der Waals surface area contributed by atoms with Crippen LogP contribution in [-0.4, -0.2) is 13.0 Å². The molecule has 0 aromatic heterocycles. The van der Waals surface area contributed by atoms with Crippen LogP contribution in [-0.2, 0) is 6.54 Å². The van der Waals surface area contributed by atoms with Gasteiger partial charge in [0.15, 0.2) is 0 Å². The zero-order valence-electron chi connectivity index (χ0n) is 10.3. The smallest absolute Gasteiger partial charge is 0.253 e. The van der Waals surface area contributed by atoms with Crippen molar-refractivity contribution >= 4 is 11.6 Å². The minimum atomic E-state index is -0.0659. The Balaban J connectivity index is 2.04. The Hall–Kier alpha value is -2.29. The number of carbonyl (C=O) groups is 1. The van der Waals surface area contributed by atoms with E-state index in [1.807, 2.05) is 61.6 Å². The number of benzene rings is 2. The molecule has 0 fully saturated rings. The Kier molecular flexibility index (Phi) is 3.97. The molecule has 0 aliphatic heterocycles. The standard InChI is InChI=1S/C15H16N2O/c1-16-14-10-6-5-9-13(14)15(18)17-11-12-7-3-2-4-8-12/h2-10,16H,11H2,1H3,(H,17,18). The van der Waals surface area contributed by atoms with E-state index in [2.05, 4.69) is 10.6 Å². The summed E-state index contributed by atoms with van der Waals surface area (Å²) in [6.45, 7) is 0.539. The van der Waals surface area contributed by atoms with Crippen LogP contribution in [0.5, 0.6) is 0 Å². The van der Waals surface area contributed by atoms with E-state index >= 15 is 0 Å². The van der Waals surface area contributed by atoms with E-state index in [1.54, 1.807) is 0 Å². The van der Waals surface area contributed by atoms with Crippen LogP contribution >= 0.6 is 0 Å². The molecule has 2 N–H and O–H groups in total. The molecular formula is C15H16N2O. The fourth-order valence-corrected chi connectivity index (χ4v) is 1.77. The van der Waals surface area contributed by atoms with E-state index in [4.69, 9.17) is 0 Å². The molecule has 92 valence electrons. The van der Waals surface area contributed by atoms with Gasteiger partial charge in [0.05, 0.1) is 5.56 Å². The molecule has 18 heavy (non-hydrogen) atoms. The van der Waals surface area contributed by atoms with Crippen molar-refractivity contribution in [1.82, 2.24) is 5.32 Å². The average Bonchev–Trinajstić information content (AvgIpc) is 2.45. The Morgan fingerprint density at radius 3 is 2.39 bits per heavy atom. The second-order valence-electron chi connectivity index (χ2n) is 3.96. The first-order valence-electron chi connectivity index (χ1n) is 5.90. The van der Waals surface area contributed by atoms with Gasteiger partial charge in [0, 0.05) is 19.3 Å². The summed E-state index contributed by atoms with van der Waals surface area (Å²) in [4.78, 5) is 12.0. The fraction of sp³-hybridized carbons (Fsp3) is 0.133.